The van der Waals surface area contributed by atoms with E-state index in [0.717, 1.165) is 47.9 Å². The van der Waals surface area contributed by atoms with Crippen molar-refractivity contribution in [2.24, 2.45) is 5.92 Å². The van der Waals surface area contributed by atoms with Gasteiger partial charge in [0.2, 0.25) is 5.91 Å². The maximum Gasteiger partial charge on any atom is 0.407 e. The van der Waals surface area contributed by atoms with Gasteiger partial charge in [0.1, 0.15) is 12.6 Å². The van der Waals surface area contributed by atoms with Gasteiger partial charge in [-0.25, -0.2) is 9.59 Å². The smallest absolute Gasteiger partial charge is 0.407 e. The van der Waals surface area contributed by atoms with Crippen LogP contribution in [0.25, 0.3) is 11.1 Å². The highest BCUT2D eigenvalue weighted by Crippen LogP contribution is 2.44. The Hall–Kier alpha value is -3.35. The standard InChI is InChI=1S/C28H34N2O5/c1-2-9-24(27(32)33)29-26(31)16-25(18-10-3-4-11-18)30-28(34)35-17-23-21-14-7-5-12-19(21)20-13-6-8-15-22(20)23/h5-8,12-15,18,23-25H,2-4,9-11,16-17H2,1H3,(H,29,31)(H,30,34)(H,32,33)/t24-,25?/m0/s1. The SMILES string of the molecule is CCC[C@H](NC(=O)CC(NC(=O)OCC1c2ccccc2-c2ccccc21)C1CCCC1)C(=O)O. The third-order valence-corrected chi connectivity index (χ3v) is 7.23. The number of alkyl carbamates (subject to hydrolysis) is 1. The number of carbonyl (C=O) groups excluding carboxylic acids is 2. The van der Waals surface area contributed by atoms with E-state index in [2.05, 4.69) is 34.9 Å². The third kappa shape index (κ3) is 5.84. The molecule has 7 nitrogen and oxygen atoms in total. The molecule has 0 aliphatic heterocycles. The Morgan fingerprint density at radius 3 is 2.14 bits per heavy atom. The number of benzene rings is 2. The van der Waals surface area contributed by atoms with Gasteiger partial charge in [0.05, 0.1) is 0 Å². The van der Waals surface area contributed by atoms with E-state index in [1.54, 1.807) is 0 Å². The van der Waals surface area contributed by atoms with Crippen LogP contribution in [-0.4, -0.2) is 41.8 Å². The molecule has 2 amide bonds. The number of amides is 2. The normalized spacial score (nSPS) is 16.7. The van der Waals surface area contributed by atoms with Gasteiger partial charge in [-0.15, -0.1) is 0 Å². The average Bonchev–Trinajstić information content (AvgIpc) is 3.49. The predicted molar refractivity (Wildman–Crippen MR) is 133 cm³/mol. The second kappa shape index (κ2) is 11.4. The first-order chi connectivity index (χ1) is 17.0. The molecule has 35 heavy (non-hydrogen) atoms. The fraction of sp³-hybridized carbons (Fsp3) is 0.464. The molecule has 1 saturated carbocycles. The maximum absolute atomic E-state index is 12.8. The third-order valence-electron chi connectivity index (χ3n) is 7.23. The Balaban J connectivity index is 1.39. The summed E-state index contributed by atoms with van der Waals surface area (Å²) in [6, 6.07) is 15.0. The second-order valence-corrected chi connectivity index (χ2v) is 9.57. The highest BCUT2D eigenvalue weighted by atomic mass is 16.5. The van der Waals surface area contributed by atoms with Crippen LogP contribution >= 0.6 is 0 Å². The number of aliphatic carboxylic acids is 1. The monoisotopic (exact) mass is 478 g/mol. The van der Waals surface area contributed by atoms with Gasteiger partial charge in [0.15, 0.2) is 0 Å². The fourth-order valence-electron chi connectivity index (χ4n) is 5.49. The Morgan fingerprint density at radius 2 is 1.57 bits per heavy atom. The molecule has 186 valence electrons. The van der Waals surface area contributed by atoms with Gasteiger partial charge in [0.25, 0.3) is 0 Å². The first kappa shape index (κ1) is 24.8. The van der Waals surface area contributed by atoms with Crippen LogP contribution < -0.4 is 10.6 Å². The van der Waals surface area contributed by atoms with Crippen molar-refractivity contribution in [3.8, 4) is 11.1 Å². The largest absolute Gasteiger partial charge is 0.480 e. The zero-order valence-electron chi connectivity index (χ0n) is 20.2. The van der Waals surface area contributed by atoms with Crippen LogP contribution in [0.2, 0.25) is 0 Å². The Kier molecular flexibility index (Phi) is 8.06. The summed E-state index contributed by atoms with van der Waals surface area (Å²) in [4.78, 5) is 36.9. The van der Waals surface area contributed by atoms with Crippen molar-refractivity contribution >= 4 is 18.0 Å². The zero-order chi connectivity index (χ0) is 24.8. The lowest BCUT2D eigenvalue weighted by Crippen LogP contribution is -2.47. The Bertz CT molecular complexity index is 1020. The summed E-state index contributed by atoms with van der Waals surface area (Å²) in [5.74, 6) is -1.26. The minimum atomic E-state index is -1.04. The highest BCUT2D eigenvalue weighted by molar-refractivity contribution is 5.84. The van der Waals surface area contributed by atoms with Crippen molar-refractivity contribution in [3.05, 3.63) is 59.7 Å². The van der Waals surface area contributed by atoms with E-state index in [9.17, 15) is 19.5 Å². The highest BCUT2D eigenvalue weighted by Gasteiger charge is 2.32. The summed E-state index contributed by atoms with van der Waals surface area (Å²) in [6.07, 6.45) is 4.50. The number of hydrogen-bond donors (Lipinski definition) is 3. The molecule has 2 aromatic carbocycles. The van der Waals surface area contributed by atoms with Crippen molar-refractivity contribution in [3.63, 3.8) is 0 Å². The van der Waals surface area contributed by atoms with E-state index in [-0.39, 0.29) is 36.8 Å². The lowest BCUT2D eigenvalue weighted by Gasteiger charge is -2.25. The fourth-order valence-corrected chi connectivity index (χ4v) is 5.49. The summed E-state index contributed by atoms with van der Waals surface area (Å²) < 4.78 is 5.69. The molecule has 1 fully saturated rings. The Morgan fingerprint density at radius 1 is 0.971 bits per heavy atom. The Labute approximate surface area is 206 Å². The molecular formula is C28H34N2O5. The van der Waals surface area contributed by atoms with Crippen LogP contribution in [0, 0.1) is 5.92 Å². The van der Waals surface area contributed by atoms with E-state index < -0.39 is 18.1 Å². The van der Waals surface area contributed by atoms with E-state index in [0.29, 0.717) is 12.8 Å². The van der Waals surface area contributed by atoms with Crippen molar-refractivity contribution in [2.45, 2.75) is 69.9 Å². The van der Waals surface area contributed by atoms with E-state index in [1.165, 1.54) is 0 Å². The number of ether oxygens (including phenoxy) is 1. The number of carboxylic acid groups (broad SMARTS) is 1. The van der Waals surface area contributed by atoms with Gasteiger partial charge >= 0.3 is 12.1 Å². The number of carbonyl (C=O) groups is 3. The lowest BCUT2D eigenvalue weighted by molar-refractivity contribution is -0.142. The van der Waals surface area contributed by atoms with Crippen LogP contribution in [0.5, 0.6) is 0 Å². The molecular weight excluding hydrogens is 444 g/mol. The minimum absolute atomic E-state index is 0.0354. The molecule has 7 heteroatoms. The quantitative estimate of drug-likeness (QED) is 0.453. The van der Waals surface area contributed by atoms with Gasteiger partial charge in [-0.1, -0.05) is 74.7 Å². The van der Waals surface area contributed by atoms with Crippen molar-refractivity contribution in [1.82, 2.24) is 10.6 Å². The predicted octanol–water partition coefficient (Wildman–Crippen LogP) is 4.84. The molecule has 2 atom stereocenters. The molecule has 0 saturated heterocycles. The van der Waals surface area contributed by atoms with Crippen LogP contribution in [-0.2, 0) is 14.3 Å². The van der Waals surface area contributed by atoms with Crippen LogP contribution in [0.1, 0.15) is 68.9 Å². The molecule has 0 bridgehead atoms. The summed E-state index contributed by atoms with van der Waals surface area (Å²) in [7, 11) is 0. The lowest BCUT2D eigenvalue weighted by atomic mass is 9.95. The molecule has 2 aliphatic rings. The van der Waals surface area contributed by atoms with Gasteiger partial charge in [0, 0.05) is 18.4 Å². The number of fused-ring (bicyclic) bond motifs is 3. The molecule has 0 heterocycles. The summed E-state index contributed by atoms with van der Waals surface area (Å²) in [5.41, 5.74) is 4.61. The van der Waals surface area contributed by atoms with E-state index >= 15 is 0 Å². The van der Waals surface area contributed by atoms with Crippen LogP contribution in [0.15, 0.2) is 48.5 Å². The zero-order valence-corrected chi connectivity index (χ0v) is 20.2. The van der Waals surface area contributed by atoms with Crippen molar-refractivity contribution in [1.29, 1.82) is 0 Å². The topological polar surface area (TPSA) is 105 Å². The summed E-state index contributed by atoms with van der Waals surface area (Å²) in [6.45, 7) is 2.09. The van der Waals surface area contributed by atoms with E-state index in [1.807, 2.05) is 31.2 Å². The number of hydrogen-bond acceptors (Lipinski definition) is 4. The molecule has 2 aromatic rings. The first-order valence-electron chi connectivity index (χ1n) is 12.6. The summed E-state index contributed by atoms with van der Waals surface area (Å²) >= 11 is 0. The van der Waals surface area contributed by atoms with Crippen LogP contribution in [0.3, 0.4) is 0 Å². The number of nitrogens with one attached hydrogen (secondary N) is 2. The molecule has 4 rings (SSSR count). The molecule has 3 N–H and O–H groups in total. The molecule has 0 radical (unpaired) electrons. The first-order valence-corrected chi connectivity index (χ1v) is 12.6. The molecule has 2 aliphatic carbocycles. The average molecular weight is 479 g/mol. The van der Waals surface area contributed by atoms with Crippen molar-refractivity contribution in [2.75, 3.05) is 6.61 Å². The van der Waals surface area contributed by atoms with Crippen LogP contribution in [0.4, 0.5) is 4.79 Å². The second-order valence-electron chi connectivity index (χ2n) is 9.57. The van der Waals surface area contributed by atoms with Gasteiger partial charge < -0.3 is 20.5 Å². The summed E-state index contributed by atoms with van der Waals surface area (Å²) in [5, 5.41) is 14.9. The van der Waals surface area contributed by atoms with Gasteiger partial charge in [-0.2, -0.15) is 0 Å². The maximum atomic E-state index is 12.8. The van der Waals surface area contributed by atoms with E-state index in [4.69, 9.17) is 4.74 Å². The van der Waals surface area contributed by atoms with Gasteiger partial charge in [-0.05, 0) is 47.4 Å². The molecule has 0 aromatic heterocycles. The van der Waals surface area contributed by atoms with Gasteiger partial charge in [-0.3, -0.25) is 4.79 Å². The number of rotatable bonds is 10. The van der Waals surface area contributed by atoms with Crippen molar-refractivity contribution < 1.29 is 24.2 Å². The molecule has 1 unspecified atom stereocenters. The number of carboxylic acids is 1. The molecule has 0 spiro atoms. The minimum Gasteiger partial charge on any atom is -0.480 e.